The highest BCUT2D eigenvalue weighted by atomic mass is 32.1. The van der Waals surface area contributed by atoms with E-state index in [2.05, 4.69) is 15.2 Å². The lowest BCUT2D eigenvalue weighted by atomic mass is 10.0. The van der Waals surface area contributed by atoms with Crippen LogP contribution in [0.15, 0.2) is 53.2 Å². The maximum atomic E-state index is 14.1. The van der Waals surface area contributed by atoms with E-state index in [-0.39, 0.29) is 30.8 Å². The summed E-state index contributed by atoms with van der Waals surface area (Å²) < 4.78 is 67.8. The van der Waals surface area contributed by atoms with Gasteiger partial charge in [0.2, 0.25) is 5.91 Å². The molecule has 2 aromatic heterocycles. The lowest BCUT2D eigenvalue weighted by molar-refractivity contribution is -0.142. The van der Waals surface area contributed by atoms with Crippen molar-refractivity contribution in [2.45, 2.75) is 32.2 Å². The van der Waals surface area contributed by atoms with E-state index in [4.69, 9.17) is 4.84 Å². The first-order chi connectivity index (χ1) is 17.6. The van der Waals surface area contributed by atoms with Gasteiger partial charge in [0.1, 0.15) is 28.9 Å². The number of aryl methyl sites for hydroxylation is 1. The van der Waals surface area contributed by atoms with E-state index < -0.39 is 35.5 Å². The largest absolute Gasteiger partial charge is 0.435 e. The first-order valence-corrected chi connectivity index (χ1v) is 11.9. The Bertz CT molecular complexity index is 1440. The molecule has 1 atom stereocenters. The Morgan fingerprint density at radius 2 is 2.00 bits per heavy atom. The molecular formula is C24H18F5N5O2S. The molecule has 0 aliphatic carbocycles. The number of hydrogen-bond acceptors (Lipinski definition) is 6. The Kier molecular flexibility index (Phi) is 6.40. The number of halogens is 5. The minimum atomic E-state index is -4.58. The second-order valence-electron chi connectivity index (χ2n) is 8.36. The lowest BCUT2D eigenvalue weighted by Gasteiger charge is -2.20. The van der Waals surface area contributed by atoms with Gasteiger partial charge in [-0.2, -0.15) is 18.3 Å². The predicted octanol–water partition coefficient (Wildman–Crippen LogP) is 5.25. The van der Waals surface area contributed by atoms with Crippen LogP contribution in [-0.4, -0.2) is 37.8 Å². The molecule has 0 fully saturated rings. The number of carbonyl (C=O) groups excluding carboxylic acids is 1. The van der Waals surface area contributed by atoms with E-state index in [1.54, 1.807) is 17.5 Å². The van der Waals surface area contributed by atoms with E-state index in [9.17, 15) is 26.7 Å². The van der Waals surface area contributed by atoms with Gasteiger partial charge in [-0.15, -0.1) is 11.3 Å². The van der Waals surface area contributed by atoms with Gasteiger partial charge < -0.3 is 9.74 Å². The highest BCUT2D eigenvalue weighted by molar-refractivity contribution is 7.11. The number of benzene rings is 1. The van der Waals surface area contributed by atoms with Gasteiger partial charge in [-0.05, 0) is 31.2 Å². The van der Waals surface area contributed by atoms with Crippen molar-refractivity contribution in [2.24, 2.45) is 5.16 Å². The number of aromatic nitrogens is 3. The summed E-state index contributed by atoms with van der Waals surface area (Å²) in [6, 6.07) is 4.49. The third kappa shape index (κ3) is 5.03. The van der Waals surface area contributed by atoms with Gasteiger partial charge in [0.25, 0.3) is 0 Å². The molecule has 0 unspecified atom stereocenters. The van der Waals surface area contributed by atoms with Crippen molar-refractivity contribution in [1.29, 1.82) is 0 Å². The van der Waals surface area contributed by atoms with Crippen molar-refractivity contribution in [3.8, 4) is 0 Å². The van der Waals surface area contributed by atoms with Crippen LogP contribution in [0.2, 0.25) is 0 Å². The second-order valence-corrected chi connectivity index (χ2v) is 9.22. The third-order valence-electron chi connectivity index (χ3n) is 5.86. The molecule has 192 valence electrons. The van der Waals surface area contributed by atoms with Crippen molar-refractivity contribution < 1.29 is 31.6 Å². The molecule has 2 aliphatic heterocycles. The van der Waals surface area contributed by atoms with Gasteiger partial charge in [0.05, 0.1) is 11.3 Å². The SMILES string of the molecule is Cc1cc(C(F)(F)F)nn1CC(=O)N1C=CC(c2nc(C3=NO[C@H](c4c(F)cccc4F)C3)cs2)=CC1. The number of carbonyl (C=O) groups is 1. The van der Waals surface area contributed by atoms with Gasteiger partial charge in [-0.25, -0.2) is 13.8 Å². The van der Waals surface area contributed by atoms with Crippen LogP contribution in [0.25, 0.3) is 5.57 Å². The smallest absolute Gasteiger partial charge is 0.387 e. The van der Waals surface area contributed by atoms with Crippen LogP contribution in [0.3, 0.4) is 0 Å². The zero-order valence-corrected chi connectivity index (χ0v) is 20.0. The molecule has 37 heavy (non-hydrogen) atoms. The summed E-state index contributed by atoms with van der Waals surface area (Å²) in [7, 11) is 0. The quantitative estimate of drug-likeness (QED) is 0.419. The molecule has 3 aromatic rings. The molecule has 1 amide bonds. The maximum absolute atomic E-state index is 14.1. The summed E-state index contributed by atoms with van der Waals surface area (Å²) in [6.45, 7) is 1.32. The third-order valence-corrected chi connectivity index (χ3v) is 6.75. The first kappa shape index (κ1) is 24.8. The van der Waals surface area contributed by atoms with E-state index in [1.165, 1.54) is 35.4 Å². The fourth-order valence-corrected chi connectivity index (χ4v) is 4.76. The number of rotatable bonds is 5. The maximum Gasteiger partial charge on any atom is 0.435 e. The van der Waals surface area contributed by atoms with E-state index in [1.807, 2.05) is 0 Å². The number of nitrogens with zero attached hydrogens (tertiary/aromatic N) is 5. The highest BCUT2D eigenvalue weighted by Gasteiger charge is 2.35. The molecule has 0 N–H and O–H groups in total. The average molecular weight is 535 g/mol. The topological polar surface area (TPSA) is 72.6 Å². The van der Waals surface area contributed by atoms with Gasteiger partial charge in [-0.3, -0.25) is 9.48 Å². The Morgan fingerprint density at radius 3 is 2.65 bits per heavy atom. The second kappa shape index (κ2) is 9.54. The number of allylic oxidation sites excluding steroid dienone is 2. The minimum absolute atomic E-state index is 0.154. The Morgan fingerprint density at radius 1 is 1.24 bits per heavy atom. The van der Waals surface area contributed by atoms with Crippen molar-refractivity contribution in [3.05, 3.63) is 87.3 Å². The van der Waals surface area contributed by atoms with E-state index >= 15 is 0 Å². The van der Waals surface area contributed by atoms with Crippen molar-refractivity contribution >= 4 is 28.5 Å². The first-order valence-electron chi connectivity index (χ1n) is 11.0. The van der Waals surface area contributed by atoms with Crippen LogP contribution in [0.1, 0.15) is 40.2 Å². The fourth-order valence-electron chi connectivity index (χ4n) is 3.91. The lowest BCUT2D eigenvalue weighted by Crippen LogP contribution is -2.31. The Hall–Kier alpha value is -3.87. The number of oxime groups is 1. The van der Waals surface area contributed by atoms with Crippen LogP contribution in [-0.2, 0) is 22.4 Å². The van der Waals surface area contributed by atoms with Gasteiger partial charge in [0.15, 0.2) is 11.8 Å². The molecule has 0 radical (unpaired) electrons. The number of hydrogen-bond donors (Lipinski definition) is 0. The van der Waals surface area contributed by atoms with Crippen LogP contribution < -0.4 is 0 Å². The molecule has 1 aromatic carbocycles. The van der Waals surface area contributed by atoms with Gasteiger partial charge in [0, 0.05) is 35.8 Å². The van der Waals surface area contributed by atoms with E-state index in [0.29, 0.717) is 16.4 Å². The molecule has 0 saturated heterocycles. The number of amides is 1. The Balaban J connectivity index is 1.21. The van der Waals surface area contributed by atoms with Gasteiger partial charge >= 0.3 is 6.18 Å². The molecule has 0 spiro atoms. The fraction of sp³-hybridized carbons (Fsp3) is 0.250. The van der Waals surface area contributed by atoms with Crippen LogP contribution >= 0.6 is 11.3 Å². The highest BCUT2D eigenvalue weighted by Crippen LogP contribution is 2.34. The predicted molar refractivity (Wildman–Crippen MR) is 124 cm³/mol. The summed E-state index contributed by atoms with van der Waals surface area (Å²) in [5.74, 6) is -1.84. The van der Waals surface area contributed by atoms with Crippen LogP contribution in [0.4, 0.5) is 22.0 Å². The molecule has 2 aliphatic rings. The summed E-state index contributed by atoms with van der Waals surface area (Å²) in [6.07, 6.45) is -0.343. The molecule has 5 rings (SSSR count). The normalized spacial score (nSPS) is 17.6. The number of thiazole rings is 1. The standard InChI is InChI=1S/C24H18F5N5O2S/c1-13-9-20(24(27,28)29)31-34(13)11-21(35)33-7-5-14(6-8-33)23-30-18(12-37-23)17-10-19(36-32-17)22-15(25)3-2-4-16(22)26/h2-7,9,12,19H,8,10-11H2,1H3/t19-/m0/s1. The van der Waals surface area contributed by atoms with E-state index in [0.717, 1.165) is 28.5 Å². The minimum Gasteiger partial charge on any atom is -0.387 e. The average Bonchev–Trinajstić information content (AvgIpc) is 3.59. The molecule has 4 heterocycles. The zero-order chi connectivity index (χ0) is 26.3. The van der Waals surface area contributed by atoms with Crippen molar-refractivity contribution in [3.63, 3.8) is 0 Å². The summed E-state index contributed by atoms with van der Waals surface area (Å²) >= 11 is 1.33. The van der Waals surface area contributed by atoms with Gasteiger partial charge in [-0.1, -0.05) is 17.3 Å². The van der Waals surface area contributed by atoms with Crippen molar-refractivity contribution in [2.75, 3.05) is 6.54 Å². The molecule has 13 heteroatoms. The zero-order valence-electron chi connectivity index (χ0n) is 19.2. The Labute approximate surface area is 211 Å². The molecular weight excluding hydrogens is 517 g/mol. The van der Waals surface area contributed by atoms with Crippen molar-refractivity contribution in [1.82, 2.24) is 19.7 Å². The van der Waals surface area contributed by atoms with Crippen LogP contribution in [0.5, 0.6) is 0 Å². The number of alkyl halides is 3. The summed E-state index contributed by atoms with van der Waals surface area (Å²) in [5.41, 5.74) is 0.718. The summed E-state index contributed by atoms with van der Waals surface area (Å²) in [5, 5.41) is 9.84. The molecule has 0 saturated carbocycles. The molecule has 7 nitrogen and oxygen atoms in total. The molecule has 0 bridgehead atoms. The monoisotopic (exact) mass is 535 g/mol. The summed E-state index contributed by atoms with van der Waals surface area (Å²) in [4.78, 5) is 23.8. The van der Waals surface area contributed by atoms with Crippen LogP contribution in [0, 0.1) is 18.6 Å².